The van der Waals surface area contributed by atoms with Crippen LogP contribution < -0.4 is 5.32 Å². The standard InChI is InChI=1S/C28H32FN7OS/c1-35-15-13-19(14-16-35)18-9-11-21(12-10-18)31-28-30-17-22-25(29)26(20-7-8-20)36(27(22)33-28)24-6-4-5-23(32-24)34-38(2,3)37/h4-6,9-12,17,19-20H,7-8,13-16H2,1-3H3,(H,30,31,33). The Hall–Kier alpha value is -3.37. The molecule has 8 nitrogen and oxygen atoms in total. The third-order valence-electron chi connectivity index (χ3n) is 7.27. The van der Waals surface area contributed by atoms with Gasteiger partial charge in [0.2, 0.25) is 5.95 Å². The number of anilines is 2. The van der Waals surface area contributed by atoms with Gasteiger partial charge in [-0.2, -0.15) is 9.35 Å². The fourth-order valence-corrected chi connectivity index (χ4v) is 5.73. The number of aromatic nitrogens is 4. The van der Waals surface area contributed by atoms with Gasteiger partial charge in [0.25, 0.3) is 0 Å². The molecule has 0 bridgehead atoms. The lowest BCUT2D eigenvalue weighted by atomic mass is 9.89. The molecule has 3 aromatic heterocycles. The summed E-state index contributed by atoms with van der Waals surface area (Å²) in [5.74, 6) is 1.61. The SMILES string of the molecule is CN1CCC(c2ccc(Nc3ncc4c(F)c(C5CC5)n(-c5cccc(N=S(C)(C)=O)n5)c4n3)cc2)CC1. The number of piperidine rings is 1. The molecule has 10 heteroatoms. The molecular weight excluding hydrogens is 501 g/mol. The molecular formula is C28H32FN7OS. The van der Waals surface area contributed by atoms with Crippen LogP contribution in [0.3, 0.4) is 0 Å². The van der Waals surface area contributed by atoms with Crippen molar-refractivity contribution in [3.63, 3.8) is 0 Å². The predicted molar refractivity (Wildman–Crippen MR) is 150 cm³/mol. The molecule has 0 spiro atoms. The highest BCUT2D eigenvalue weighted by Gasteiger charge is 2.34. The first-order valence-corrected chi connectivity index (χ1v) is 15.4. The Labute approximate surface area is 222 Å². The minimum absolute atomic E-state index is 0.108. The van der Waals surface area contributed by atoms with Crippen molar-refractivity contribution in [2.45, 2.75) is 37.5 Å². The average molecular weight is 534 g/mol. The number of fused-ring (bicyclic) bond motifs is 1. The summed E-state index contributed by atoms with van der Waals surface area (Å²) in [6.07, 6.45) is 8.83. The Morgan fingerprint density at radius 2 is 1.74 bits per heavy atom. The third kappa shape index (κ3) is 5.15. The zero-order valence-electron chi connectivity index (χ0n) is 21.9. The zero-order chi connectivity index (χ0) is 26.4. The van der Waals surface area contributed by atoms with Gasteiger partial charge in [-0.25, -0.2) is 18.6 Å². The van der Waals surface area contributed by atoms with Gasteiger partial charge in [-0.15, -0.1) is 0 Å². The van der Waals surface area contributed by atoms with Crippen molar-refractivity contribution < 1.29 is 8.60 Å². The van der Waals surface area contributed by atoms with Gasteiger partial charge in [0.1, 0.15) is 5.82 Å². The van der Waals surface area contributed by atoms with Crippen molar-refractivity contribution in [2.75, 3.05) is 38.0 Å². The molecule has 0 radical (unpaired) electrons. The highest BCUT2D eigenvalue weighted by atomic mass is 32.2. The number of halogens is 1. The predicted octanol–water partition coefficient (Wildman–Crippen LogP) is 5.74. The van der Waals surface area contributed by atoms with Gasteiger partial charge >= 0.3 is 0 Å². The van der Waals surface area contributed by atoms with Crippen LogP contribution >= 0.6 is 0 Å². The second-order valence-electron chi connectivity index (χ2n) is 10.7. The summed E-state index contributed by atoms with van der Waals surface area (Å²) in [4.78, 5) is 16.1. The lowest BCUT2D eigenvalue weighted by Gasteiger charge is -2.29. The van der Waals surface area contributed by atoms with Crippen LogP contribution in [-0.2, 0) is 9.73 Å². The van der Waals surface area contributed by atoms with E-state index < -0.39 is 9.73 Å². The van der Waals surface area contributed by atoms with Crippen LogP contribution in [0.25, 0.3) is 16.9 Å². The number of hydrogen-bond donors (Lipinski definition) is 1. The zero-order valence-corrected chi connectivity index (χ0v) is 22.7. The fourth-order valence-electron chi connectivity index (χ4n) is 5.18. The lowest BCUT2D eigenvalue weighted by Crippen LogP contribution is -2.29. The van der Waals surface area contributed by atoms with E-state index >= 15 is 4.39 Å². The van der Waals surface area contributed by atoms with E-state index in [1.165, 1.54) is 24.6 Å². The summed E-state index contributed by atoms with van der Waals surface area (Å²) < 4.78 is 33.9. The third-order valence-corrected chi connectivity index (χ3v) is 7.89. The minimum Gasteiger partial charge on any atom is -0.324 e. The lowest BCUT2D eigenvalue weighted by molar-refractivity contribution is 0.255. The van der Waals surface area contributed by atoms with E-state index in [0.29, 0.717) is 40.2 Å². The van der Waals surface area contributed by atoms with Crippen LogP contribution in [0.2, 0.25) is 0 Å². The molecule has 1 saturated heterocycles. The maximum Gasteiger partial charge on any atom is 0.229 e. The summed E-state index contributed by atoms with van der Waals surface area (Å²) in [6.45, 7) is 2.25. The Balaban J connectivity index is 1.35. The fraction of sp³-hybridized carbons (Fsp3) is 0.393. The molecule has 38 heavy (non-hydrogen) atoms. The molecule has 198 valence electrons. The normalized spacial score (nSPS) is 17.2. The van der Waals surface area contributed by atoms with Crippen molar-refractivity contribution in [2.24, 2.45) is 4.36 Å². The molecule has 1 aromatic carbocycles. The number of likely N-dealkylation sites (tertiary alicyclic amines) is 1. The molecule has 0 unspecified atom stereocenters. The Kier molecular flexibility index (Phi) is 6.39. The number of rotatable bonds is 6. The van der Waals surface area contributed by atoms with Crippen LogP contribution in [0.4, 0.5) is 21.8 Å². The van der Waals surface area contributed by atoms with E-state index in [1.807, 2.05) is 0 Å². The van der Waals surface area contributed by atoms with Gasteiger partial charge < -0.3 is 10.2 Å². The molecule has 1 aliphatic carbocycles. The molecule has 0 atom stereocenters. The molecule has 1 N–H and O–H groups in total. The summed E-state index contributed by atoms with van der Waals surface area (Å²) in [5, 5.41) is 3.64. The van der Waals surface area contributed by atoms with E-state index in [-0.39, 0.29) is 11.7 Å². The maximum absolute atomic E-state index is 15.6. The first-order valence-electron chi connectivity index (χ1n) is 13.0. The summed E-state index contributed by atoms with van der Waals surface area (Å²) in [6, 6.07) is 13.7. The highest BCUT2D eigenvalue weighted by molar-refractivity contribution is 7.92. The monoisotopic (exact) mass is 533 g/mol. The first kappa shape index (κ1) is 24.9. The molecule has 1 aliphatic heterocycles. The van der Waals surface area contributed by atoms with E-state index in [4.69, 9.17) is 4.98 Å². The minimum atomic E-state index is -2.39. The Bertz CT molecular complexity index is 1600. The van der Waals surface area contributed by atoms with Crippen molar-refractivity contribution in [1.29, 1.82) is 0 Å². The van der Waals surface area contributed by atoms with E-state index in [1.54, 1.807) is 35.3 Å². The highest BCUT2D eigenvalue weighted by Crippen LogP contribution is 2.45. The topological polar surface area (TPSA) is 88.3 Å². The van der Waals surface area contributed by atoms with Crippen molar-refractivity contribution in [1.82, 2.24) is 24.4 Å². The van der Waals surface area contributed by atoms with Gasteiger partial charge in [-0.1, -0.05) is 18.2 Å². The van der Waals surface area contributed by atoms with Gasteiger partial charge in [0.15, 0.2) is 17.3 Å². The van der Waals surface area contributed by atoms with Crippen molar-refractivity contribution >= 4 is 38.2 Å². The second kappa shape index (κ2) is 9.74. The number of pyridine rings is 1. The number of benzene rings is 1. The average Bonchev–Trinajstić information content (AvgIpc) is 3.68. The summed E-state index contributed by atoms with van der Waals surface area (Å²) in [7, 11) is -0.217. The van der Waals surface area contributed by atoms with Crippen LogP contribution in [0.15, 0.2) is 53.0 Å². The molecule has 2 fully saturated rings. The number of nitrogens with one attached hydrogen (secondary N) is 1. The quantitative estimate of drug-likeness (QED) is 0.340. The largest absolute Gasteiger partial charge is 0.324 e. The Morgan fingerprint density at radius 3 is 2.42 bits per heavy atom. The molecule has 4 aromatic rings. The van der Waals surface area contributed by atoms with Gasteiger partial charge in [-0.05, 0) is 81.6 Å². The smallest absolute Gasteiger partial charge is 0.229 e. The van der Waals surface area contributed by atoms with E-state index in [9.17, 15) is 4.21 Å². The van der Waals surface area contributed by atoms with E-state index in [0.717, 1.165) is 31.6 Å². The number of hydrogen-bond acceptors (Lipinski definition) is 7. The number of nitrogens with zero attached hydrogens (tertiary/aromatic N) is 6. The Morgan fingerprint density at radius 1 is 1.00 bits per heavy atom. The second-order valence-corrected chi connectivity index (χ2v) is 13.2. The van der Waals surface area contributed by atoms with Gasteiger partial charge in [0.05, 0.1) is 11.1 Å². The molecule has 4 heterocycles. The first-order chi connectivity index (χ1) is 18.2. The molecule has 2 aliphatic rings. The molecule has 6 rings (SSSR count). The van der Waals surface area contributed by atoms with Crippen molar-refractivity contribution in [3.05, 3.63) is 65.7 Å². The maximum atomic E-state index is 15.6. The summed E-state index contributed by atoms with van der Waals surface area (Å²) >= 11 is 0. The van der Waals surface area contributed by atoms with Gasteiger partial charge in [-0.3, -0.25) is 4.57 Å². The molecule has 1 saturated carbocycles. The van der Waals surface area contributed by atoms with Crippen LogP contribution in [0, 0.1) is 5.82 Å². The van der Waals surface area contributed by atoms with Crippen LogP contribution in [-0.4, -0.2) is 61.3 Å². The van der Waals surface area contributed by atoms with Crippen LogP contribution in [0.5, 0.6) is 0 Å². The summed E-state index contributed by atoms with van der Waals surface area (Å²) in [5.41, 5.74) is 3.24. The van der Waals surface area contributed by atoms with Crippen LogP contribution in [0.1, 0.15) is 48.8 Å². The van der Waals surface area contributed by atoms with Gasteiger partial charge in [0, 0.05) is 40.0 Å². The van der Waals surface area contributed by atoms with Crippen molar-refractivity contribution in [3.8, 4) is 5.82 Å². The van der Waals surface area contributed by atoms with E-state index in [2.05, 4.69) is 55.9 Å². The molecule has 0 amide bonds.